The quantitative estimate of drug-likeness (QED) is 0.833. The van der Waals surface area contributed by atoms with E-state index in [0.717, 1.165) is 17.5 Å². The normalized spacial score (nSPS) is 20.9. The van der Waals surface area contributed by atoms with Gasteiger partial charge in [-0.05, 0) is 49.1 Å². The molecule has 1 aromatic rings. The zero-order valence-electron chi connectivity index (χ0n) is 11.6. The summed E-state index contributed by atoms with van der Waals surface area (Å²) in [6, 6.07) is 5.37. The molecule has 20 heavy (non-hydrogen) atoms. The summed E-state index contributed by atoms with van der Waals surface area (Å²) in [4.78, 5) is 11.1. The van der Waals surface area contributed by atoms with Crippen molar-refractivity contribution in [1.29, 1.82) is 0 Å². The summed E-state index contributed by atoms with van der Waals surface area (Å²) >= 11 is 0. The van der Waals surface area contributed by atoms with Gasteiger partial charge in [-0.2, -0.15) is 0 Å². The number of carbonyl (C=O) groups is 1. The fourth-order valence-electron chi connectivity index (χ4n) is 2.49. The van der Waals surface area contributed by atoms with Gasteiger partial charge in [0.1, 0.15) is 0 Å². The molecule has 6 heteroatoms. The first-order valence-electron chi connectivity index (χ1n) is 6.68. The molecule has 0 radical (unpaired) electrons. The topological polar surface area (TPSA) is 89.3 Å². The average Bonchev–Trinajstić information content (AvgIpc) is 2.70. The van der Waals surface area contributed by atoms with Crippen LogP contribution in [0.5, 0.6) is 0 Å². The van der Waals surface area contributed by atoms with Crippen LogP contribution in [0.1, 0.15) is 27.9 Å². The fraction of sp³-hybridized carbons (Fsp3) is 0.500. The predicted octanol–water partition coefficient (Wildman–Crippen LogP) is 0.618. The first-order valence-corrected chi connectivity index (χ1v) is 8.50. The number of nitrogens with one attached hydrogen (secondary N) is 1. The molecule has 1 aliphatic rings. The second-order valence-corrected chi connectivity index (χ2v) is 7.63. The van der Waals surface area contributed by atoms with Gasteiger partial charge in [0.15, 0.2) is 9.84 Å². The number of aryl methyl sites for hydroxylation is 1. The summed E-state index contributed by atoms with van der Waals surface area (Å²) in [5, 5.41) is 3.29. The maximum Gasteiger partial charge on any atom is 0.248 e. The van der Waals surface area contributed by atoms with Crippen LogP contribution >= 0.6 is 0 Å². The number of amides is 1. The van der Waals surface area contributed by atoms with E-state index in [-0.39, 0.29) is 5.92 Å². The average molecular weight is 296 g/mol. The van der Waals surface area contributed by atoms with E-state index in [0.29, 0.717) is 30.2 Å². The van der Waals surface area contributed by atoms with Gasteiger partial charge in [-0.3, -0.25) is 4.79 Å². The number of benzene rings is 1. The van der Waals surface area contributed by atoms with Crippen LogP contribution in [0.15, 0.2) is 18.2 Å². The Morgan fingerprint density at radius 3 is 2.75 bits per heavy atom. The summed E-state index contributed by atoms with van der Waals surface area (Å²) in [6.07, 6.45) is 0.745. The minimum atomic E-state index is -2.81. The Balaban J connectivity index is 1.87. The molecular weight excluding hydrogens is 276 g/mol. The summed E-state index contributed by atoms with van der Waals surface area (Å²) in [5.74, 6) is 0.389. The van der Waals surface area contributed by atoms with E-state index in [1.807, 2.05) is 13.0 Å². The number of hydrogen-bond acceptors (Lipinski definition) is 4. The van der Waals surface area contributed by atoms with Gasteiger partial charge in [-0.15, -0.1) is 0 Å². The summed E-state index contributed by atoms with van der Waals surface area (Å²) < 4.78 is 22.7. The lowest BCUT2D eigenvalue weighted by Crippen LogP contribution is -2.23. The predicted molar refractivity (Wildman–Crippen MR) is 78.2 cm³/mol. The lowest BCUT2D eigenvalue weighted by atomic mass is 10.0. The summed E-state index contributed by atoms with van der Waals surface area (Å²) in [5.41, 5.74) is 7.84. The Labute approximate surface area is 119 Å². The van der Waals surface area contributed by atoms with E-state index in [2.05, 4.69) is 5.32 Å². The van der Waals surface area contributed by atoms with Crippen LogP contribution < -0.4 is 11.1 Å². The molecule has 0 saturated carbocycles. The number of carbonyl (C=O) groups excluding carboxylic acids is 1. The molecule has 5 nitrogen and oxygen atoms in total. The van der Waals surface area contributed by atoms with E-state index < -0.39 is 15.7 Å². The lowest BCUT2D eigenvalue weighted by Gasteiger charge is -2.11. The number of primary amides is 1. The van der Waals surface area contributed by atoms with Crippen molar-refractivity contribution in [3.8, 4) is 0 Å². The first-order chi connectivity index (χ1) is 9.37. The molecule has 0 aromatic heterocycles. The fourth-order valence-corrected chi connectivity index (χ4v) is 4.35. The Bertz CT molecular complexity index is 611. The molecule has 1 aliphatic heterocycles. The van der Waals surface area contributed by atoms with Crippen LogP contribution in [-0.2, 0) is 16.4 Å². The number of hydrogen-bond donors (Lipinski definition) is 2. The highest BCUT2D eigenvalue weighted by Gasteiger charge is 2.27. The molecule has 2 rings (SSSR count). The molecule has 1 amide bonds. The number of rotatable bonds is 5. The van der Waals surface area contributed by atoms with Crippen molar-refractivity contribution in [3.05, 3.63) is 34.9 Å². The Hall–Kier alpha value is -1.40. The van der Waals surface area contributed by atoms with Gasteiger partial charge in [0.25, 0.3) is 0 Å². The van der Waals surface area contributed by atoms with Crippen LogP contribution in [0.2, 0.25) is 0 Å². The molecule has 1 fully saturated rings. The third-order valence-corrected chi connectivity index (χ3v) is 5.54. The van der Waals surface area contributed by atoms with Crippen LogP contribution in [-0.4, -0.2) is 32.4 Å². The molecule has 1 heterocycles. The van der Waals surface area contributed by atoms with Crippen LogP contribution in [0.4, 0.5) is 0 Å². The third kappa shape index (κ3) is 3.80. The first kappa shape index (κ1) is 15.0. The molecule has 1 unspecified atom stereocenters. The van der Waals surface area contributed by atoms with Crippen LogP contribution in [0.25, 0.3) is 0 Å². The van der Waals surface area contributed by atoms with Crippen LogP contribution in [0.3, 0.4) is 0 Å². The summed E-state index contributed by atoms with van der Waals surface area (Å²) in [7, 11) is -2.81. The molecule has 0 aliphatic carbocycles. The standard InChI is InChI=1S/C14H20N2O3S/c1-10-6-12(14(15)17)2-3-13(10)8-16-7-11-4-5-20(18,19)9-11/h2-3,6,11,16H,4-5,7-9H2,1H3,(H2,15,17). The smallest absolute Gasteiger partial charge is 0.248 e. The van der Waals surface area contributed by atoms with Crippen molar-refractivity contribution in [3.63, 3.8) is 0 Å². The van der Waals surface area contributed by atoms with Crippen LogP contribution in [0, 0.1) is 12.8 Å². The van der Waals surface area contributed by atoms with E-state index in [9.17, 15) is 13.2 Å². The van der Waals surface area contributed by atoms with Crippen molar-refractivity contribution in [2.75, 3.05) is 18.1 Å². The lowest BCUT2D eigenvalue weighted by molar-refractivity contribution is 0.1000. The second kappa shape index (κ2) is 5.93. The van der Waals surface area contributed by atoms with E-state index in [4.69, 9.17) is 5.73 Å². The zero-order chi connectivity index (χ0) is 14.8. The van der Waals surface area contributed by atoms with Gasteiger partial charge in [0.2, 0.25) is 5.91 Å². The maximum absolute atomic E-state index is 11.4. The van der Waals surface area contributed by atoms with Crippen molar-refractivity contribution < 1.29 is 13.2 Å². The van der Waals surface area contributed by atoms with Gasteiger partial charge in [0, 0.05) is 12.1 Å². The SMILES string of the molecule is Cc1cc(C(N)=O)ccc1CNCC1CCS(=O)(=O)C1. The van der Waals surface area contributed by atoms with Crippen molar-refractivity contribution in [2.24, 2.45) is 11.7 Å². The second-order valence-electron chi connectivity index (χ2n) is 5.41. The van der Waals surface area contributed by atoms with Gasteiger partial charge in [-0.25, -0.2) is 8.42 Å². The third-order valence-electron chi connectivity index (χ3n) is 3.70. The zero-order valence-corrected chi connectivity index (χ0v) is 12.4. The van der Waals surface area contributed by atoms with E-state index in [1.165, 1.54) is 0 Å². The maximum atomic E-state index is 11.4. The van der Waals surface area contributed by atoms with E-state index >= 15 is 0 Å². The Morgan fingerprint density at radius 1 is 1.45 bits per heavy atom. The molecule has 1 saturated heterocycles. The largest absolute Gasteiger partial charge is 0.366 e. The highest BCUT2D eigenvalue weighted by atomic mass is 32.2. The molecule has 110 valence electrons. The molecule has 3 N–H and O–H groups in total. The summed E-state index contributed by atoms with van der Waals surface area (Å²) in [6.45, 7) is 3.31. The molecule has 0 spiro atoms. The van der Waals surface area contributed by atoms with Crippen molar-refractivity contribution >= 4 is 15.7 Å². The number of nitrogens with two attached hydrogens (primary N) is 1. The highest BCUT2D eigenvalue weighted by molar-refractivity contribution is 7.91. The van der Waals surface area contributed by atoms with Crippen molar-refractivity contribution in [2.45, 2.75) is 19.9 Å². The number of sulfone groups is 1. The van der Waals surface area contributed by atoms with Gasteiger partial charge < -0.3 is 11.1 Å². The molecule has 1 atom stereocenters. The van der Waals surface area contributed by atoms with E-state index in [1.54, 1.807) is 12.1 Å². The highest BCUT2D eigenvalue weighted by Crippen LogP contribution is 2.18. The van der Waals surface area contributed by atoms with Gasteiger partial charge in [0.05, 0.1) is 11.5 Å². The monoisotopic (exact) mass is 296 g/mol. The van der Waals surface area contributed by atoms with Gasteiger partial charge in [-0.1, -0.05) is 6.07 Å². The van der Waals surface area contributed by atoms with Crippen molar-refractivity contribution in [1.82, 2.24) is 5.32 Å². The molecule has 0 bridgehead atoms. The van der Waals surface area contributed by atoms with Gasteiger partial charge >= 0.3 is 0 Å². The molecule has 1 aromatic carbocycles. The Kier molecular flexibility index (Phi) is 4.45. The minimum Gasteiger partial charge on any atom is -0.366 e. The molecular formula is C14H20N2O3S. The minimum absolute atomic E-state index is 0.213. The Morgan fingerprint density at radius 2 is 2.20 bits per heavy atom.